The van der Waals surface area contributed by atoms with Gasteiger partial charge in [-0.1, -0.05) is 45.0 Å². The van der Waals surface area contributed by atoms with E-state index in [1.165, 1.54) is 36.8 Å². The maximum Gasteiger partial charge on any atom is 0.00957 e. The number of benzene rings is 1. The van der Waals surface area contributed by atoms with Crippen LogP contribution in [0.1, 0.15) is 51.2 Å². The monoisotopic (exact) mass is 273 g/mol. The van der Waals surface area contributed by atoms with Crippen molar-refractivity contribution < 1.29 is 0 Å². The van der Waals surface area contributed by atoms with Gasteiger partial charge in [0, 0.05) is 6.04 Å². The first kappa shape index (κ1) is 15.6. The Balaban J connectivity index is 2.12. The lowest BCUT2D eigenvalue weighted by Gasteiger charge is -2.42. The zero-order valence-corrected chi connectivity index (χ0v) is 13.9. The lowest BCUT2D eigenvalue weighted by atomic mass is 9.66. The first-order valence-electron chi connectivity index (χ1n) is 8.13. The molecule has 1 nitrogen and oxygen atoms in total. The molecule has 3 unspecified atom stereocenters. The van der Waals surface area contributed by atoms with Crippen molar-refractivity contribution in [1.29, 1.82) is 0 Å². The van der Waals surface area contributed by atoms with Gasteiger partial charge in [0.05, 0.1) is 0 Å². The molecule has 20 heavy (non-hydrogen) atoms. The Morgan fingerprint density at radius 2 is 1.85 bits per heavy atom. The summed E-state index contributed by atoms with van der Waals surface area (Å²) in [6, 6.07) is 9.57. The minimum atomic E-state index is 0.447. The number of hydrogen-bond acceptors (Lipinski definition) is 1. The fraction of sp³-hybridized carbons (Fsp3) is 0.684. The maximum absolute atomic E-state index is 3.57. The van der Waals surface area contributed by atoms with Crippen molar-refractivity contribution in [2.45, 2.75) is 59.4 Å². The fourth-order valence-electron chi connectivity index (χ4n) is 3.78. The molecule has 1 aliphatic rings. The van der Waals surface area contributed by atoms with Gasteiger partial charge >= 0.3 is 0 Å². The Bertz CT molecular complexity index is 430. The van der Waals surface area contributed by atoms with Gasteiger partial charge in [0.2, 0.25) is 0 Å². The van der Waals surface area contributed by atoms with Crippen molar-refractivity contribution in [2.24, 2.45) is 17.3 Å². The van der Waals surface area contributed by atoms with Gasteiger partial charge in [-0.05, 0) is 68.0 Å². The molecule has 0 bridgehead atoms. The second-order valence-electron chi connectivity index (χ2n) is 7.66. The molecular weight excluding hydrogens is 242 g/mol. The number of hydrogen-bond donors (Lipinski definition) is 1. The van der Waals surface area contributed by atoms with Crippen molar-refractivity contribution in [2.75, 3.05) is 7.05 Å². The standard InChI is InChI=1S/C19H31N/c1-14-8-6-7-9-15(14)12-16-13-17(19(2,3)4)10-11-18(16)20-5/h6-9,16-18,20H,10-13H2,1-5H3. The van der Waals surface area contributed by atoms with E-state index in [1.807, 2.05) is 0 Å². The Kier molecular flexibility index (Phi) is 4.90. The van der Waals surface area contributed by atoms with Crippen LogP contribution >= 0.6 is 0 Å². The summed E-state index contributed by atoms with van der Waals surface area (Å²) in [6.07, 6.45) is 5.29. The van der Waals surface area contributed by atoms with Crippen LogP contribution in [-0.2, 0) is 6.42 Å². The van der Waals surface area contributed by atoms with Crippen LogP contribution in [0.3, 0.4) is 0 Å². The average molecular weight is 273 g/mol. The van der Waals surface area contributed by atoms with Crippen molar-refractivity contribution in [3.63, 3.8) is 0 Å². The van der Waals surface area contributed by atoms with E-state index in [4.69, 9.17) is 0 Å². The number of rotatable bonds is 3. The molecule has 1 saturated carbocycles. The summed E-state index contributed by atoms with van der Waals surface area (Å²) in [7, 11) is 2.13. The molecule has 0 heterocycles. The molecule has 0 aliphatic heterocycles. The fourth-order valence-corrected chi connectivity index (χ4v) is 3.78. The predicted molar refractivity (Wildman–Crippen MR) is 88.0 cm³/mol. The Morgan fingerprint density at radius 3 is 2.45 bits per heavy atom. The first-order chi connectivity index (χ1) is 9.41. The number of nitrogens with one attached hydrogen (secondary N) is 1. The lowest BCUT2D eigenvalue weighted by Crippen LogP contribution is -2.42. The quantitative estimate of drug-likeness (QED) is 0.849. The Morgan fingerprint density at radius 1 is 1.15 bits per heavy atom. The van der Waals surface area contributed by atoms with Gasteiger partial charge in [-0.2, -0.15) is 0 Å². The highest BCUT2D eigenvalue weighted by atomic mass is 14.9. The largest absolute Gasteiger partial charge is 0.317 e. The molecule has 1 aromatic carbocycles. The first-order valence-corrected chi connectivity index (χ1v) is 8.13. The van der Waals surface area contributed by atoms with E-state index in [9.17, 15) is 0 Å². The van der Waals surface area contributed by atoms with Crippen LogP contribution in [0.2, 0.25) is 0 Å². The maximum atomic E-state index is 3.57. The molecular formula is C19H31N. The minimum absolute atomic E-state index is 0.447. The predicted octanol–water partition coefficient (Wildman–Crippen LogP) is 4.59. The summed E-state index contributed by atoms with van der Waals surface area (Å²) in [5, 5.41) is 3.57. The summed E-state index contributed by atoms with van der Waals surface area (Å²) in [5.74, 6) is 1.64. The second-order valence-corrected chi connectivity index (χ2v) is 7.66. The zero-order valence-electron chi connectivity index (χ0n) is 13.9. The van der Waals surface area contributed by atoms with Crippen molar-refractivity contribution in [3.8, 4) is 0 Å². The molecule has 112 valence electrons. The summed E-state index contributed by atoms with van der Waals surface area (Å²) in [6.45, 7) is 9.46. The van der Waals surface area contributed by atoms with Crippen LogP contribution in [0, 0.1) is 24.2 Å². The van der Waals surface area contributed by atoms with Crippen LogP contribution in [-0.4, -0.2) is 13.1 Å². The molecule has 0 radical (unpaired) electrons. The van der Waals surface area contributed by atoms with Crippen LogP contribution in [0.5, 0.6) is 0 Å². The molecule has 0 amide bonds. The second kappa shape index (κ2) is 6.30. The summed E-state index contributed by atoms with van der Waals surface area (Å²) in [5.41, 5.74) is 3.43. The Labute approximate surface area is 125 Å². The van der Waals surface area contributed by atoms with Gasteiger partial charge in [0.15, 0.2) is 0 Å². The van der Waals surface area contributed by atoms with Gasteiger partial charge < -0.3 is 5.32 Å². The van der Waals surface area contributed by atoms with Crippen LogP contribution < -0.4 is 5.32 Å². The summed E-state index contributed by atoms with van der Waals surface area (Å²) < 4.78 is 0. The number of aryl methyl sites for hydroxylation is 1. The van der Waals surface area contributed by atoms with Gasteiger partial charge in [-0.15, -0.1) is 0 Å². The highest BCUT2D eigenvalue weighted by Crippen LogP contribution is 2.41. The third-order valence-corrected chi connectivity index (χ3v) is 5.32. The molecule has 0 aromatic heterocycles. The third-order valence-electron chi connectivity index (χ3n) is 5.32. The minimum Gasteiger partial charge on any atom is -0.317 e. The van der Waals surface area contributed by atoms with E-state index in [0.717, 1.165) is 11.8 Å². The Hall–Kier alpha value is -0.820. The van der Waals surface area contributed by atoms with Gasteiger partial charge in [-0.3, -0.25) is 0 Å². The molecule has 3 atom stereocenters. The third kappa shape index (κ3) is 3.63. The molecule has 0 spiro atoms. The molecule has 1 aromatic rings. The van der Waals surface area contributed by atoms with E-state index in [2.05, 4.69) is 64.3 Å². The van der Waals surface area contributed by atoms with Gasteiger partial charge in [0.25, 0.3) is 0 Å². The van der Waals surface area contributed by atoms with E-state index in [0.29, 0.717) is 11.5 Å². The molecule has 1 N–H and O–H groups in total. The normalized spacial score (nSPS) is 27.6. The van der Waals surface area contributed by atoms with Gasteiger partial charge in [-0.25, -0.2) is 0 Å². The highest BCUT2D eigenvalue weighted by Gasteiger charge is 2.35. The molecule has 1 fully saturated rings. The molecule has 0 saturated heterocycles. The van der Waals surface area contributed by atoms with Crippen LogP contribution in [0.4, 0.5) is 0 Å². The van der Waals surface area contributed by atoms with Crippen molar-refractivity contribution in [3.05, 3.63) is 35.4 Å². The van der Waals surface area contributed by atoms with E-state index < -0.39 is 0 Å². The average Bonchev–Trinajstić information content (AvgIpc) is 2.40. The van der Waals surface area contributed by atoms with E-state index in [-0.39, 0.29) is 0 Å². The summed E-state index contributed by atoms with van der Waals surface area (Å²) >= 11 is 0. The van der Waals surface area contributed by atoms with E-state index in [1.54, 1.807) is 0 Å². The van der Waals surface area contributed by atoms with Crippen molar-refractivity contribution >= 4 is 0 Å². The van der Waals surface area contributed by atoms with Crippen LogP contribution in [0.25, 0.3) is 0 Å². The molecule has 2 rings (SSSR count). The van der Waals surface area contributed by atoms with Gasteiger partial charge in [0.1, 0.15) is 0 Å². The topological polar surface area (TPSA) is 12.0 Å². The molecule has 1 heteroatoms. The van der Waals surface area contributed by atoms with Crippen LogP contribution in [0.15, 0.2) is 24.3 Å². The lowest BCUT2D eigenvalue weighted by molar-refractivity contribution is 0.116. The molecule has 1 aliphatic carbocycles. The highest BCUT2D eigenvalue weighted by molar-refractivity contribution is 5.26. The zero-order chi connectivity index (χ0) is 14.8. The van der Waals surface area contributed by atoms with E-state index >= 15 is 0 Å². The SMILES string of the molecule is CNC1CCC(C(C)(C)C)CC1Cc1ccccc1C. The van der Waals surface area contributed by atoms with Crippen molar-refractivity contribution in [1.82, 2.24) is 5.32 Å². The smallest absolute Gasteiger partial charge is 0.00957 e. The summed E-state index contributed by atoms with van der Waals surface area (Å²) in [4.78, 5) is 0.